The Morgan fingerprint density at radius 2 is 1.87 bits per heavy atom. The molecule has 0 fully saturated rings. The fourth-order valence-corrected chi connectivity index (χ4v) is 4.02. The average molecular weight is 368 g/mol. The third-order valence-corrected chi connectivity index (χ3v) is 4.63. The molecule has 15 heavy (non-hydrogen) atoms. The van der Waals surface area contributed by atoms with Gasteiger partial charge in [0.05, 0.1) is 0 Å². The summed E-state index contributed by atoms with van der Waals surface area (Å²) in [5.41, 5.74) is 1.64. The Morgan fingerprint density at radius 3 is 2.20 bits per heavy atom. The predicted octanol–water partition coefficient (Wildman–Crippen LogP) is 4.39. The van der Waals surface area contributed by atoms with Crippen LogP contribution in [0.1, 0.15) is 13.3 Å². The van der Waals surface area contributed by atoms with Crippen molar-refractivity contribution in [3.05, 3.63) is 21.0 Å². The van der Waals surface area contributed by atoms with E-state index in [-0.39, 0.29) is 45.1 Å². The molecule has 1 aliphatic rings. The van der Waals surface area contributed by atoms with E-state index in [4.69, 9.17) is 0 Å². The molecule has 1 atom stereocenters. The number of hydrogen-bond acceptors (Lipinski definition) is 0. The summed E-state index contributed by atoms with van der Waals surface area (Å²) in [6.45, 7) is 7.11. The Labute approximate surface area is 129 Å². The Morgan fingerprint density at radius 1 is 1.33 bits per heavy atom. The van der Waals surface area contributed by atoms with Crippen molar-refractivity contribution in [2.24, 2.45) is 5.92 Å². The zero-order valence-corrected chi connectivity index (χ0v) is 15.1. The third-order valence-electron chi connectivity index (χ3n) is 2.14. The first-order chi connectivity index (χ1) is 5.61. The fraction of sp³-hybridized carbons (Fsp3) is 0.600. The minimum atomic E-state index is 0. The zero-order valence-electron chi connectivity index (χ0n) is 9.32. The summed E-state index contributed by atoms with van der Waals surface area (Å²) in [5, 5.41) is 0. The summed E-state index contributed by atoms with van der Waals surface area (Å²) in [5.74, 6) is 0.805. The first-order valence-electron chi connectivity index (χ1n) is 4.37. The second-order valence-electron chi connectivity index (χ2n) is 3.70. The van der Waals surface area contributed by atoms with Gasteiger partial charge in [-0.1, -0.05) is 0 Å². The molecule has 0 aromatic carbocycles. The molecular weight excluding hydrogens is 349 g/mol. The summed E-state index contributed by atoms with van der Waals surface area (Å²) in [4.78, 5) is 0. The van der Waals surface area contributed by atoms with Gasteiger partial charge in [-0.05, 0) is 0 Å². The smallest absolute Gasteiger partial charge is 0.147 e. The van der Waals surface area contributed by atoms with E-state index < -0.39 is 0 Å². The van der Waals surface area contributed by atoms with Gasteiger partial charge in [0.15, 0.2) is 0 Å². The Hall–Kier alpha value is 1.66. The van der Waals surface area contributed by atoms with E-state index in [0.29, 0.717) is 0 Å². The van der Waals surface area contributed by atoms with Crippen molar-refractivity contribution in [1.82, 2.24) is 0 Å². The van der Waals surface area contributed by atoms with Crippen LogP contribution in [-0.4, -0.2) is 19.5 Å². The molecule has 0 aliphatic heterocycles. The molecule has 0 N–H and O–H groups in total. The van der Waals surface area contributed by atoms with Crippen molar-refractivity contribution in [1.29, 1.82) is 0 Å². The minimum absolute atomic E-state index is 0. The third kappa shape index (κ3) is 7.56. The van der Waals surface area contributed by atoms with Crippen LogP contribution >= 0.6 is 45.1 Å². The van der Waals surface area contributed by atoms with E-state index in [1.165, 1.54) is 12.6 Å². The van der Waals surface area contributed by atoms with Crippen LogP contribution in [0.15, 0.2) is 21.0 Å². The number of halogens is 3. The molecule has 0 nitrogen and oxygen atoms in total. The van der Waals surface area contributed by atoms with Gasteiger partial charge in [-0.15, -0.1) is 37.2 Å². The van der Waals surface area contributed by atoms with Crippen LogP contribution in [0.3, 0.4) is 0 Å². The SMILES string of the molecule is CC(CP(C)C)C1=[C]([Zr])CC=C1.Cl.Cl.Cl. The van der Waals surface area contributed by atoms with E-state index in [9.17, 15) is 0 Å². The minimum Gasteiger partial charge on any atom is -0.147 e. The maximum atomic E-state index is 2.37. The molecule has 0 bridgehead atoms. The number of allylic oxidation sites excluding steroid dienone is 4. The Kier molecular flexibility index (Phi) is 15.8. The molecule has 0 amide bonds. The Bertz CT molecular complexity index is 227. The maximum absolute atomic E-state index is 2.37. The van der Waals surface area contributed by atoms with E-state index in [2.05, 4.69) is 32.4 Å². The van der Waals surface area contributed by atoms with E-state index in [0.717, 1.165) is 5.92 Å². The molecule has 0 saturated carbocycles. The summed E-state index contributed by atoms with van der Waals surface area (Å²) in [6, 6.07) is 0. The van der Waals surface area contributed by atoms with Crippen LogP contribution in [0.4, 0.5) is 0 Å². The summed E-state index contributed by atoms with van der Waals surface area (Å²) in [7, 11) is 0.267. The van der Waals surface area contributed by atoms with Gasteiger partial charge < -0.3 is 0 Å². The summed E-state index contributed by atoms with van der Waals surface area (Å²) in [6.07, 6.45) is 7.27. The van der Waals surface area contributed by atoms with Crippen LogP contribution in [0.5, 0.6) is 0 Å². The van der Waals surface area contributed by atoms with Gasteiger partial charge in [0.25, 0.3) is 0 Å². The van der Waals surface area contributed by atoms with Crippen LogP contribution in [0, 0.1) is 5.92 Å². The maximum Gasteiger partial charge on any atom is -0.147 e. The second-order valence-corrected chi connectivity index (χ2v) is 7.71. The molecule has 89 valence electrons. The van der Waals surface area contributed by atoms with Crippen molar-refractivity contribution in [2.45, 2.75) is 13.3 Å². The van der Waals surface area contributed by atoms with Crippen LogP contribution < -0.4 is 0 Å². The first kappa shape index (κ1) is 21.9. The molecule has 5 heteroatoms. The van der Waals surface area contributed by atoms with E-state index >= 15 is 0 Å². The van der Waals surface area contributed by atoms with Gasteiger partial charge in [-0.25, -0.2) is 0 Å². The fourth-order valence-electron chi connectivity index (χ4n) is 1.63. The predicted molar refractivity (Wildman–Crippen MR) is 75.3 cm³/mol. The number of hydrogen-bond donors (Lipinski definition) is 0. The van der Waals surface area contributed by atoms with Crippen molar-refractivity contribution in [2.75, 3.05) is 19.5 Å². The van der Waals surface area contributed by atoms with Gasteiger partial charge in [0.2, 0.25) is 0 Å². The Balaban J connectivity index is -0.000000480. The molecule has 0 saturated heterocycles. The molecule has 0 spiro atoms. The molecule has 1 unspecified atom stereocenters. The van der Waals surface area contributed by atoms with Crippen molar-refractivity contribution < 1.29 is 24.7 Å². The van der Waals surface area contributed by atoms with Crippen molar-refractivity contribution in [3.8, 4) is 0 Å². The van der Waals surface area contributed by atoms with Crippen LogP contribution in [0.25, 0.3) is 0 Å². The topological polar surface area (TPSA) is 0 Å². The largest absolute Gasteiger partial charge is 0.147 e. The summed E-state index contributed by atoms with van der Waals surface area (Å²) < 4.78 is 1.67. The van der Waals surface area contributed by atoms with Gasteiger partial charge in [0.1, 0.15) is 0 Å². The molecule has 0 heterocycles. The van der Waals surface area contributed by atoms with Gasteiger partial charge >= 0.3 is 92.4 Å². The van der Waals surface area contributed by atoms with Crippen LogP contribution in [0.2, 0.25) is 0 Å². The van der Waals surface area contributed by atoms with Gasteiger partial charge in [-0.2, -0.15) is 0 Å². The second kappa shape index (κ2) is 10.8. The molecule has 0 radical (unpaired) electrons. The summed E-state index contributed by atoms with van der Waals surface area (Å²) >= 11 is 1.61. The average Bonchev–Trinajstić information content (AvgIpc) is 2.33. The molecule has 1 aliphatic carbocycles. The van der Waals surface area contributed by atoms with Gasteiger partial charge in [-0.3, -0.25) is 0 Å². The van der Waals surface area contributed by atoms with Gasteiger partial charge in [0, 0.05) is 0 Å². The van der Waals surface area contributed by atoms with Crippen LogP contribution in [-0.2, 0) is 24.7 Å². The standard InChI is InChI=1S/C10H16P.3ClH.Zr/c1-9(8-11(2)3)10-6-4-5-7-10;;;;/h4,6,9H,5,8H2,1-3H3;3*1H;. The molecule has 0 aromatic heterocycles. The molecule has 1 rings (SSSR count). The van der Waals surface area contributed by atoms with Crippen molar-refractivity contribution in [3.63, 3.8) is 0 Å². The zero-order chi connectivity index (χ0) is 9.14. The van der Waals surface area contributed by atoms with E-state index in [1.807, 2.05) is 0 Å². The molecule has 0 aromatic rings. The van der Waals surface area contributed by atoms with Crippen molar-refractivity contribution >= 4 is 45.1 Å². The normalized spacial score (nSPS) is 15.4. The monoisotopic (exact) mass is 365 g/mol. The molecular formula is C10H19Cl3PZr. The number of rotatable bonds is 3. The quantitative estimate of drug-likeness (QED) is 0.649. The van der Waals surface area contributed by atoms with E-state index in [1.54, 1.807) is 33.6 Å². The first-order valence-corrected chi connectivity index (χ1v) is 8.02.